The Bertz CT molecular complexity index is 684. The van der Waals surface area contributed by atoms with Gasteiger partial charge >= 0.3 is 0 Å². The van der Waals surface area contributed by atoms with Gasteiger partial charge in [-0.3, -0.25) is 4.79 Å². The second kappa shape index (κ2) is 6.13. The van der Waals surface area contributed by atoms with Crippen LogP contribution in [0.2, 0.25) is 0 Å². The van der Waals surface area contributed by atoms with E-state index in [1.807, 2.05) is 58.9 Å². The van der Waals surface area contributed by atoms with Gasteiger partial charge in [-0.25, -0.2) is 0 Å². The van der Waals surface area contributed by atoms with Crippen LogP contribution < -0.4 is 4.74 Å². The molecule has 2 aromatic carbocycles. The summed E-state index contributed by atoms with van der Waals surface area (Å²) in [5, 5.41) is 0. The first kappa shape index (κ1) is 15.3. The van der Waals surface area contributed by atoms with Crippen molar-refractivity contribution in [3.63, 3.8) is 0 Å². The lowest BCUT2D eigenvalue weighted by molar-refractivity contribution is 0.0920. The third-order valence-electron chi connectivity index (χ3n) is 3.91. The summed E-state index contributed by atoms with van der Waals surface area (Å²) in [6.45, 7) is 10.1. The van der Waals surface area contributed by atoms with Gasteiger partial charge in [0, 0.05) is 5.56 Å². The van der Waals surface area contributed by atoms with Crippen LogP contribution in [0.5, 0.6) is 5.75 Å². The van der Waals surface area contributed by atoms with Crippen molar-refractivity contribution in [3.8, 4) is 5.75 Å². The van der Waals surface area contributed by atoms with Crippen LogP contribution in [0.25, 0.3) is 0 Å². The van der Waals surface area contributed by atoms with Crippen molar-refractivity contribution in [1.82, 2.24) is 0 Å². The maximum atomic E-state index is 12.4. The average Bonchev–Trinajstić information content (AvgIpc) is 2.45. The fraction of sp³-hybridized carbons (Fsp3) is 0.316. The van der Waals surface area contributed by atoms with E-state index in [1.165, 1.54) is 5.56 Å². The van der Waals surface area contributed by atoms with Crippen molar-refractivity contribution in [1.29, 1.82) is 0 Å². The highest BCUT2D eigenvalue weighted by Gasteiger charge is 2.13. The van der Waals surface area contributed by atoms with E-state index in [1.54, 1.807) is 0 Å². The summed E-state index contributed by atoms with van der Waals surface area (Å²) >= 11 is 0. The Balaban J connectivity index is 2.19. The minimum absolute atomic E-state index is 0.0245. The van der Waals surface area contributed by atoms with E-state index in [0.29, 0.717) is 0 Å². The summed E-state index contributed by atoms with van der Waals surface area (Å²) in [4.78, 5) is 12.4. The smallest absolute Gasteiger partial charge is 0.200 e. The van der Waals surface area contributed by atoms with Gasteiger partial charge in [0.2, 0.25) is 0 Å². The van der Waals surface area contributed by atoms with E-state index in [4.69, 9.17) is 4.74 Å². The molecule has 0 atom stereocenters. The number of rotatable bonds is 4. The molecular formula is C19H22O2. The number of aryl methyl sites for hydroxylation is 4. The molecule has 2 nitrogen and oxygen atoms in total. The molecule has 0 aliphatic carbocycles. The summed E-state index contributed by atoms with van der Waals surface area (Å²) in [6, 6.07) is 10.0. The van der Waals surface area contributed by atoms with E-state index in [0.717, 1.165) is 33.6 Å². The third-order valence-corrected chi connectivity index (χ3v) is 3.91. The first-order chi connectivity index (χ1) is 9.90. The first-order valence-electron chi connectivity index (χ1n) is 7.20. The molecule has 2 heteroatoms. The molecule has 0 saturated heterocycles. The zero-order chi connectivity index (χ0) is 15.6. The van der Waals surface area contributed by atoms with Crippen LogP contribution >= 0.6 is 0 Å². The molecule has 0 saturated carbocycles. The predicted octanol–water partition coefficient (Wildman–Crippen LogP) is 4.49. The molecular weight excluding hydrogens is 260 g/mol. The van der Waals surface area contributed by atoms with Gasteiger partial charge in [-0.1, -0.05) is 29.8 Å². The molecule has 2 aromatic rings. The van der Waals surface area contributed by atoms with Crippen LogP contribution in [0.1, 0.15) is 38.2 Å². The summed E-state index contributed by atoms with van der Waals surface area (Å²) in [5.41, 5.74) is 6.17. The second-order valence-electron chi connectivity index (χ2n) is 5.68. The number of ether oxygens (including phenoxy) is 1. The highest BCUT2D eigenvalue weighted by atomic mass is 16.5. The summed E-state index contributed by atoms with van der Waals surface area (Å²) in [5.74, 6) is 0.852. The Kier molecular flexibility index (Phi) is 4.46. The molecule has 2 rings (SSSR count). The monoisotopic (exact) mass is 282 g/mol. The van der Waals surface area contributed by atoms with E-state index < -0.39 is 0 Å². The summed E-state index contributed by atoms with van der Waals surface area (Å²) in [7, 11) is 0. The van der Waals surface area contributed by atoms with E-state index >= 15 is 0 Å². The van der Waals surface area contributed by atoms with Crippen molar-refractivity contribution in [2.24, 2.45) is 0 Å². The number of hydrogen-bond donors (Lipinski definition) is 0. The molecule has 0 aromatic heterocycles. The Morgan fingerprint density at radius 2 is 1.52 bits per heavy atom. The average molecular weight is 282 g/mol. The van der Waals surface area contributed by atoms with Crippen molar-refractivity contribution in [3.05, 3.63) is 63.7 Å². The largest absolute Gasteiger partial charge is 0.485 e. The number of carbonyl (C=O) groups excluding carboxylic acids is 1. The number of carbonyl (C=O) groups is 1. The predicted molar refractivity (Wildman–Crippen MR) is 86.4 cm³/mol. The Morgan fingerprint density at radius 3 is 2.24 bits per heavy atom. The van der Waals surface area contributed by atoms with Gasteiger partial charge in [-0.15, -0.1) is 0 Å². The van der Waals surface area contributed by atoms with Crippen molar-refractivity contribution < 1.29 is 9.53 Å². The van der Waals surface area contributed by atoms with Gasteiger partial charge in [0.1, 0.15) is 5.75 Å². The number of hydrogen-bond acceptors (Lipinski definition) is 2. The molecule has 0 fully saturated rings. The van der Waals surface area contributed by atoms with Crippen molar-refractivity contribution in [2.45, 2.75) is 34.6 Å². The van der Waals surface area contributed by atoms with Crippen LogP contribution in [0.4, 0.5) is 0 Å². The Hall–Kier alpha value is -2.09. The van der Waals surface area contributed by atoms with Crippen LogP contribution in [-0.2, 0) is 0 Å². The first-order valence-corrected chi connectivity index (χ1v) is 7.20. The minimum Gasteiger partial charge on any atom is -0.485 e. The maximum absolute atomic E-state index is 12.4. The SMILES string of the molecule is Cc1ccc(C)c(C(=O)COc2c(C)ccc(C)c2C)c1. The van der Waals surface area contributed by atoms with E-state index in [2.05, 4.69) is 6.07 Å². The van der Waals surface area contributed by atoms with Gasteiger partial charge in [0.05, 0.1) is 0 Å². The fourth-order valence-electron chi connectivity index (χ4n) is 2.40. The molecule has 0 N–H and O–H groups in total. The molecule has 0 amide bonds. The molecule has 0 aliphatic heterocycles. The van der Waals surface area contributed by atoms with E-state index in [9.17, 15) is 4.79 Å². The van der Waals surface area contributed by atoms with Gasteiger partial charge < -0.3 is 4.74 Å². The minimum atomic E-state index is 0.0245. The maximum Gasteiger partial charge on any atom is 0.200 e. The lowest BCUT2D eigenvalue weighted by Gasteiger charge is -2.14. The quantitative estimate of drug-likeness (QED) is 0.772. The molecule has 0 aliphatic rings. The summed E-state index contributed by atoms with van der Waals surface area (Å²) in [6.07, 6.45) is 0. The molecule has 0 radical (unpaired) electrons. The highest BCUT2D eigenvalue weighted by molar-refractivity contribution is 5.98. The summed E-state index contributed by atoms with van der Waals surface area (Å²) < 4.78 is 5.81. The van der Waals surface area contributed by atoms with Crippen LogP contribution in [0, 0.1) is 34.6 Å². The number of ketones is 1. The molecule has 110 valence electrons. The van der Waals surface area contributed by atoms with Gasteiger partial charge in [0.25, 0.3) is 0 Å². The molecule has 0 heterocycles. The number of Topliss-reactive ketones (excluding diaryl/α,β-unsaturated/α-hetero) is 1. The van der Waals surface area contributed by atoms with Gasteiger partial charge in [-0.2, -0.15) is 0 Å². The van der Waals surface area contributed by atoms with Crippen molar-refractivity contribution in [2.75, 3.05) is 6.61 Å². The third kappa shape index (κ3) is 3.33. The molecule has 21 heavy (non-hydrogen) atoms. The van der Waals surface area contributed by atoms with Gasteiger partial charge in [0.15, 0.2) is 12.4 Å². The Labute approximate surface area is 126 Å². The van der Waals surface area contributed by atoms with Crippen LogP contribution in [0.15, 0.2) is 30.3 Å². The zero-order valence-electron chi connectivity index (χ0n) is 13.4. The lowest BCUT2D eigenvalue weighted by Crippen LogP contribution is -2.14. The number of benzene rings is 2. The molecule has 0 bridgehead atoms. The Morgan fingerprint density at radius 1 is 0.905 bits per heavy atom. The highest BCUT2D eigenvalue weighted by Crippen LogP contribution is 2.26. The second-order valence-corrected chi connectivity index (χ2v) is 5.68. The normalized spacial score (nSPS) is 10.5. The van der Waals surface area contributed by atoms with Crippen LogP contribution in [0.3, 0.4) is 0 Å². The molecule has 0 unspecified atom stereocenters. The van der Waals surface area contributed by atoms with Crippen LogP contribution in [-0.4, -0.2) is 12.4 Å². The topological polar surface area (TPSA) is 26.3 Å². The van der Waals surface area contributed by atoms with E-state index in [-0.39, 0.29) is 12.4 Å². The van der Waals surface area contributed by atoms with Gasteiger partial charge in [-0.05, 0) is 62.9 Å². The standard InChI is InChI=1S/C19H22O2/c1-12-6-7-14(3)17(10-12)18(20)11-21-19-15(4)9-8-13(2)16(19)5/h6-10H,11H2,1-5H3. The van der Waals surface area contributed by atoms with Crippen molar-refractivity contribution >= 4 is 5.78 Å². The molecule has 0 spiro atoms. The lowest BCUT2D eigenvalue weighted by atomic mass is 10.0. The zero-order valence-corrected chi connectivity index (χ0v) is 13.4. The fourth-order valence-corrected chi connectivity index (χ4v) is 2.40.